The second kappa shape index (κ2) is 5.22. The van der Waals surface area contributed by atoms with Crippen LogP contribution in [0.1, 0.15) is 24.7 Å². The van der Waals surface area contributed by atoms with Gasteiger partial charge in [-0.2, -0.15) is 9.40 Å². The van der Waals surface area contributed by atoms with Crippen molar-refractivity contribution in [3.8, 4) is 0 Å². The van der Waals surface area contributed by atoms with E-state index >= 15 is 0 Å². The molecule has 1 aromatic rings. The predicted octanol–water partition coefficient (Wildman–Crippen LogP) is 0.409. The van der Waals surface area contributed by atoms with E-state index in [1.54, 1.807) is 29.9 Å². The summed E-state index contributed by atoms with van der Waals surface area (Å²) in [4.78, 5) is 0.365. The third-order valence-electron chi connectivity index (χ3n) is 3.76. The molecular weight excluding hydrogens is 264 g/mol. The number of rotatable bonds is 4. The van der Waals surface area contributed by atoms with E-state index in [1.165, 1.54) is 0 Å². The molecule has 0 amide bonds. The Kier molecular flexibility index (Phi) is 3.98. The van der Waals surface area contributed by atoms with Crippen LogP contribution in [0.4, 0.5) is 0 Å². The normalized spacial score (nSPS) is 20.4. The molecule has 0 bridgehead atoms. The van der Waals surface area contributed by atoms with Gasteiger partial charge in [0.25, 0.3) is 0 Å². The van der Waals surface area contributed by atoms with Crippen molar-refractivity contribution in [3.63, 3.8) is 0 Å². The minimum Gasteiger partial charge on any atom is -0.315 e. The number of nitrogens with one attached hydrogen (secondary N) is 1. The lowest BCUT2D eigenvalue weighted by atomic mass is 10.3. The minimum atomic E-state index is -3.47. The van der Waals surface area contributed by atoms with Gasteiger partial charge in [-0.05, 0) is 26.8 Å². The Morgan fingerprint density at radius 3 is 2.58 bits per heavy atom. The van der Waals surface area contributed by atoms with Crippen LogP contribution in [-0.4, -0.2) is 48.2 Å². The number of likely N-dealkylation sites (N-methyl/N-ethyl adjacent to an activating group) is 1. The average molecular weight is 286 g/mol. The maximum absolute atomic E-state index is 12.9. The van der Waals surface area contributed by atoms with Gasteiger partial charge in [0.05, 0.1) is 11.4 Å². The van der Waals surface area contributed by atoms with Crippen molar-refractivity contribution in [2.75, 3.05) is 19.6 Å². The first-order valence-electron chi connectivity index (χ1n) is 6.62. The predicted molar refractivity (Wildman–Crippen MR) is 73.5 cm³/mol. The summed E-state index contributed by atoms with van der Waals surface area (Å²) in [7, 11) is -1.69. The Bertz CT molecular complexity index is 559. The average Bonchev–Trinajstić information content (AvgIpc) is 2.90. The third kappa shape index (κ3) is 2.42. The van der Waals surface area contributed by atoms with Crippen LogP contribution in [0.2, 0.25) is 0 Å². The lowest BCUT2D eigenvalue weighted by Crippen LogP contribution is -2.41. The van der Waals surface area contributed by atoms with Crippen molar-refractivity contribution >= 4 is 10.0 Å². The topological polar surface area (TPSA) is 67.2 Å². The SMILES string of the molecule is CCN(C1CCNC1)S(=O)(=O)c1c(C)nn(C)c1C. The molecule has 7 heteroatoms. The smallest absolute Gasteiger partial charge is 0.247 e. The monoisotopic (exact) mass is 286 g/mol. The molecule has 0 radical (unpaired) electrons. The standard InChI is InChI=1S/C12H22N4O2S/c1-5-16(11-6-7-13-8-11)19(17,18)12-9(2)14-15(4)10(12)3/h11,13H,5-8H2,1-4H3. The lowest BCUT2D eigenvalue weighted by Gasteiger charge is -2.26. The summed E-state index contributed by atoms with van der Waals surface area (Å²) in [6.07, 6.45) is 0.866. The van der Waals surface area contributed by atoms with Crippen molar-refractivity contribution in [3.05, 3.63) is 11.4 Å². The second-order valence-corrected chi connectivity index (χ2v) is 6.81. The summed E-state index contributed by atoms with van der Waals surface area (Å²) in [5.74, 6) is 0. The van der Waals surface area contributed by atoms with Crippen molar-refractivity contribution < 1.29 is 8.42 Å². The fourth-order valence-corrected chi connectivity index (χ4v) is 4.82. The van der Waals surface area contributed by atoms with Gasteiger partial charge in [-0.25, -0.2) is 8.42 Å². The van der Waals surface area contributed by atoms with Crippen LogP contribution in [0, 0.1) is 13.8 Å². The van der Waals surface area contributed by atoms with E-state index in [2.05, 4.69) is 10.4 Å². The molecule has 108 valence electrons. The van der Waals surface area contributed by atoms with Crippen LogP contribution >= 0.6 is 0 Å². The maximum atomic E-state index is 12.9. The number of aryl methyl sites for hydroxylation is 2. The Hall–Kier alpha value is -0.920. The zero-order chi connectivity index (χ0) is 14.2. The van der Waals surface area contributed by atoms with Gasteiger partial charge in [-0.1, -0.05) is 6.92 Å². The molecule has 0 aliphatic carbocycles. The Morgan fingerprint density at radius 1 is 1.47 bits per heavy atom. The van der Waals surface area contributed by atoms with E-state index in [4.69, 9.17) is 0 Å². The van der Waals surface area contributed by atoms with Crippen LogP contribution in [-0.2, 0) is 17.1 Å². The molecule has 0 saturated carbocycles. The molecule has 1 atom stereocenters. The molecule has 1 aliphatic heterocycles. The first-order valence-corrected chi connectivity index (χ1v) is 8.06. The molecule has 0 spiro atoms. The zero-order valence-corrected chi connectivity index (χ0v) is 12.8. The summed E-state index contributed by atoms with van der Waals surface area (Å²) in [5, 5.41) is 7.43. The highest BCUT2D eigenvalue weighted by molar-refractivity contribution is 7.89. The Morgan fingerprint density at radius 2 is 2.16 bits per heavy atom. The van der Waals surface area contributed by atoms with Gasteiger partial charge in [-0.15, -0.1) is 0 Å². The molecule has 1 unspecified atom stereocenters. The number of sulfonamides is 1. The van der Waals surface area contributed by atoms with Gasteiger partial charge < -0.3 is 5.32 Å². The molecule has 0 aromatic carbocycles. The highest BCUT2D eigenvalue weighted by Gasteiger charge is 2.35. The fraction of sp³-hybridized carbons (Fsp3) is 0.750. The molecule has 2 heterocycles. The molecule has 1 fully saturated rings. The summed E-state index contributed by atoms with van der Waals surface area (Å²) in [6.45, 7) is 7.53. The van der Waals surface area contributed by atoms with E-state index in [1.807, 2.05) is 6.92 Å². The quantitative estimate of drug-likeness (QED) is 0.870. The van der Waals surface area contributed by atoms with Crippen molar-refractivity contribution in [1.82, 2.24) is 19.4 Å². The van der Waals surface area contributed by atoms with Crippen LogP contribution in [0.25, 0.3) is 0 Å². The first-order chi connectivity index (χ1) is 8.89. The molecular formula is C12H22N4O2S. The van der Waals surface area contributed by atoms with Gasteiger partial charge in [0.2, 0.25) is 10.0 Å². The van der Waals surface area contributed by atoms with Crippen LogP contribution < -0.4 is 5.32 Å². The molecule has 1 aromatic heterocycles. The molecule has 6 nitrogen and oxygen atoms in total. The van der Waals surface area contributed by atoms with Crippen LogP contribution in [0.15, 0.2) is 4.90 Å². The molecule has 1 N–H and O–H groups in total. The van der Waals surface area contributed by atoms with Crippen molar-refractivity contribution in [2.24, 2.45) is 7.05 Å². The van der Waals surface area contributed by atoms with Gasteiger partial charge in [0.1, 0.15) is 4.90 Å². The zero-order valence-electron chi connectivity index (χ0n) is 12.0. The molecule has 1 aliphatic rings. The van der Waals surface area contributed by atoms with Gasteiger partial charge in [0, 0.05) is 26.2 Å². The summed E-state index contributed by atoms with van der Waals surface area (Å²) >= 11 is 0. The van der Waals surface area contributed by atoms with Gasteiger partial charge in [0.15, 0.2) is 0 Å². The molecule has 19 heavy (non-hydrogen) atoms. The summed E-state index contributed by atoms with van der Waals surface area (Å²) in [6, 6.07) is 0.0500. The lowest BCUT2D eigenvalue weighted by molar-refractivity contribution is 0.348. The maximum Gasteiger partial charge on any atom is 0.247 e. The largest absolute Gasteiger partial charge is 0.315 e. The Labute approximate surface area is 114 Å². The highest BCUT2D eigenvalue weighted by atomic mass is 32.2. The van der Waals surface area contributed by atoms with Crippen LogP contribution in [0.3, 0.4) is 0 Å². The molecule has 1 saturated heterocycles. The van der Waals surface area contributed by atoms with Crippen molar-refractivity contribution in [2.45, 2.75) is 38.1 Å². The summed E-state index contributed by atoms with van der Waals surface area (Å²) in [5.41, 5.74) is 1.27. The molecule has 2 rings (SSSR count). The van der Waals surface area contributed by atoms with E-state index in [0.29, 0.717) is 22.8 Å². The van der Waals surface area contributed by atoms with E-state index < -0.39 is 10.0 Å². The van der Waals surface area contributed by atoms with Gasteiger partial charge in [-0.3, -0.25) is 4.68 Å². The fourth-order valence-electron chi connectivity index (χ4n) is 2.75. The van der Waals surface area contributed by atoms with E-state index in [9.17, 15) is 8.42 Å². The van der Waals surface area contributed by atoms with E-state index in [0.717, 1.165) is 19.5 Å². The third-order valence-corrected chi connectivity index (χ3v) is 6.04. The minimum absolute atomic E-state index is 0.0500. The second-order valence-electron chi connectivity index (χ2n) is 4.98. The highest BCUT2D eigenvalue weighted by Crippen LogP contribution is 2.25. The summed E-state index contributed by atoms with van der Waals surface area (Å²) < 4.78 is 28.9. The van der Waals surface area contributed by atoms with Crippen molar-refractivity contribution in [1.29, 1.82) is 0 Å². The van der Waals surface area contributed by atoms with Gasteiger partial charge >= 0.3 is 0 Å². The number of hydrogen-bond donors (Lipinski definition) is 1. The van der Waals surface area contributed by atoms with E-state index in [-0.39, 0.29) is 6.04 Å². The number of hydrogen-bond acceptors (Lipinski definition) is 4. The van der Waals surface area contributed by atoms with Crippen LogP contribution in [0.5, 0.6) is 0 Å². The number of aromatic nitrogens is 2. The first kappa shape index (κ1) is 14.5. The Balaban J connectivity index is 2.45. The number of nitrogens with zero attached hydrogens (tertiary/aromatic N) is 3.